The van der Waals surface area contributed by atoms with Crippen molar-refractivity contribution >= 4 is 6.21 Å². The third-order valence-electron chi connectivity index (χ3n) is 1.92. The van der Waals surface area contributed by atoms with Crippen LogP contribution in [0, 0.1) is 0 Å². The lowest BCUT2D eigenvalue weighted by molar-refractivity contribution is 0.282. The Bertz CT molecular complexity index is 174. The maximum atomic E-state index is 4.22. The molecule has 0 spiro atoms. The molecular formula is C7H11N3. The molecule has 0 radical (unpaired) electrons. The Balaban J connectivity index is 2.12. The molecule has 54 valence electrons. The van der Waals surface area contributed by atoms with Crippen molar-refractivity contribution in [3.05, 3.63) is 12.3 Å². The number of hydrogen-bond donors (Lipinski definition) is 1. The van der Waals surface area contributed by atoms with Crippen LogP contribution in [0.4, 0.5) is 0 Å². The van der Waals surface area contributed by atoms with E-state index in [0.717, 1.165) is 13.1 Å². The van der Waals surface area contributed by atoms with Gasteiger partial charge in [-0.05, 0) is 12.5 Å². The van der Waals surface area contributed by atoms with E-state index in [1.807, 2.05) is 18.5 Å². The second-order valence-electron chi connectivity index (χ2n) is 2.61. The van der Waals surface area contributed by atoms with Gasteiger partial charge in [-0.25, -0.2) is 5.43 Å². The number of nitrogens with zero attached hydrogens (tertiary/aromatic N) is 2. The van der Waals surface area contributed by atoms with E-state index < -0.39 is 0 Å². The Morgan fingerprint density at radius 2 is 2.60 bits per heavy atom. The van der Waals surface area contributed by atoms with Gasteiger partial charge in [0.2, 0.25) is 0 Å². The fourth-order valence-corrected chi connectivity index (χ4v) is 1.36. The summed E-state index contributed by atoms with van der Waals surface area (Å²) in [4.78, 5) is 4.22. The second-order valence-corrected chi connectivity index (χ2v) is 2.61. The van der Waals surface area contributed by atoms with Crippen molar-refractivity contribution in [2.24, 2.45) is 4.99 Å². The molecule has 0 saturated carbocycles. The number of allylic oxidation sites excluding steroid dienone is 1. The summed E-state index contributed by atoms with van der Waals surface area (Å²) in [5.41, 5.74) is 3.27. The summed E-state index contributed by atoms with van der Waals surface area (Å²) in [6.07, 6.45) is 7.09. The third-order valence-corrected chi connectivity index (χ3v) is 1.92. The molecular weight excluding hydrogens is 126 g/mol. The van der Waals surface area contributed by atoms with Crippen molar-refractivity contribution in [2.75, 3.05) is 13.1 Å². The van der Waals surface area contributed by atoms with Gasteiger partial charge in [0.25, 0.3) is 0 Å². The summed E-state index contributed by atoms with van der Waals surface area (Å²) >= 11 is 0. The lowest BCUT2D eigenvalue weighted by Gasteiger charge is -2.18. The van der Waals surface area contributed by atoms with Gasteiger partial charge in [-0.1, -0.05) is 0 Å². The van der Waals surface area contributed by atoms with Gasteiger partial charge < -0.3 is 5.01 Å². The number of hydrazine groups is 1. The zero-order valence-electron chi connectivity index (χ0n) is 5.83. The lowest BCUT2D eigenvalue weighted by atomic mass is 10.2. The van der Waals surface area contributed by atoms with Gasteiger partial charge in [0.1, 0.15) is 0 Å². The van der Waals surface area contributed by atoms with Crippen LogP contribution in [-0.4, -0.2) is 30.4 Å². The fraction of sp³-hybridized carbons (Fsp3) is 0.571. The first-order chi connectivity index (χ1) is 4.97. The van der Waals surface area contributed by atoms with Gasteiger partial charge in [0, 0.05) is 19.0 Å². The van der Waals surface area contributed by atoms with Gasteiger partial charge in [-0.15, -0.1) is 0 Å². The molecule has 2 rings (SSSR count). The molecule has 2 aliphatic heterocycles. The molecule has 2 aliphatic rings. The summed E-state index contributed by atoms with van der Waals surface area (Å²) in [7, 11) is 0. The van der Waals surface area contributed by atoms with Crippen LogP contribution in [-0.2, 0) is 0 Å². The zero-order chi connectivity index (χ0) is 6.81. The van der Waals surface area contributed by atoms with E-state index in [1.54, 1.807) is 0 Å². The minimum atomic E-state index is 0.593. The number of hydrogen-bond acceptors (Lipinski definition) is 3. The van der Waals surface area contributed by atoms with Crippen LogP contribution in [0.2, 0.25) is 0 Å². The van der Waals surface area contributed by atoms with Crippen molar-refractivity contribution in [2.45, 2.75) is 12.5 Å². The minimum Gasteiger partial charge on any atom is -0.311 e. The smallest absolute Gasteiger partial charge is 0.0656 e. The molecule has 0 bridgehead atoms. The van der Waals surface area contributed by atoms with E-state index in [-0.39, 0.29) is 0 Å². The van der Waals surface area contributed by atoms with Gasteiger partial charge in [-0.2, -0.15) is 0 Å². The lowest BCUT2D eigenvalue weighted by Crippen LogP contribution is -2.33. The highest BCUT2D eigenvalue weighted by Gasteiger charge is 2.20. The van der Waals surface area contributed by atoms with Crippen molar-refractivity contribution in [3.63, 3.8) is 0 Å². The second kappa shape index (κ2) is 2.42. The quantitative estimate of drug-likeness (QED) is 0.515. The van der Waals surface area contributed by atoms with E-state index in [9.17, 15) is 0 Å². The van der Waals surface area contributed by atoms with Gasteiger partial charge in [0.05, 0.1) is 12.6 Å². The number of fused-ring (bicyclic) bond motifs is 1. The van der Waals surface area contributed by atoms with Crippen LogP contribution < -0.4 is 5.43 Å². The average Bonchev–Trinajstić information content (AvgIpc) is 2.28. The van der Waals surface area contributed by atoms with E-state index in [2.05, 4.69) is 15.4 Å². The van der Waals surface area contributed by atoms with Crippen LogP contribution in [0.25, 0.3) is 0 Å². The van der Waals surface area contributed by atoms with Crippen molar-refractivity contribution < 1.29 is 0 Å². The average molecular weight is 137 g/mol. The Labute approximate surface area is 60.4 Å². The maximum Gasteiger partial charge on any atom is 0.0656 e. The fourth-order valence-electron chi connectivity index (χ4n) is 1.36. The van der Waals surface area contributed by atoms with Crippen LogP contribution in [0.5, 0.6) is 0 Å². The molecule has 0 aliphatic carbocycles. The Hall–Kier alpha value is -0.830. The first-order valence-corrected chi connectivity index (χ1v) is 3.65. The predicted octanol–water partition coefficient (Wildman–Crippen LogP) is 0.163. The molecule has 1 N–H and O–H groups in total. The van der Waals surface area contributed by atoms with Crippen LogP contribution in [0.1, 0.15) is 6.42 Å². The van der Waals surface area contributed by atoms with Gasteiger partial charge >= 0.3 is 0 Å². The van der Waals surface area contributed by atoms with Crippen LogP contribution >= 0.6 is 0 Å². The highest BCUT2D eigenvalue weighted by molar-refractivity contribution is 5.71. The van der Waals surface area contributed by atoms with Crippen LogP contribution in [0.3, 0.4) is 0 Å². The number of aliphatic imine (C=N–C) groups is 1. The molecule has 1 saturated heterocycles. The third kappa shape index (κ3) is 0.926. The van der Waals surface area contributed by atoms with E-state index >= 15 is 0 Å². The molecule has 1 atom stereocenters. The molecule has 0 amide bonds. The summed E-state index contributed by atoms with van der Waals surface area (Å²) in [5.74, 6) is 0. The summed E-state index contributed by atoms with van der Waals surface area (Å²) in [6.45, 7) is 2.02. The minimum absolute atomic E-state index is 0.593. The highest BCUT2D eigenvalue weighted by atomic mass is 15.5. The van der Waals surface area contributed by atoms with Gasteiger partial charge in [0.15, 0.2) is 0 Å². The topological polar surface area (TPSA) is 27.6 Å². The molecule has 1 fully saturated rings. The SMILES string of the molecule is C1=CN2NCCC2CN=C1. The molecule has 3 heteroatoms. The van der Waals surface area contributed by atoms with Crippen molar-refractivity contribution in [1.29, 1.82) is 0 Å². The number of rotatable bonds is 0. The monoisotopic (exact) mass is 137 g/mol. The van der Waals surface area contributed by atoms with E-state index in [4.69, 9.17) is 0 Å². The van der Waals surface area contributed by atoms with Crippen molar-refractivity contribution in [1.82, 2.24) is 10.4 Å². The summed E-state index contributed by atoms with van der Waals surface area (Å²) in [5, 5.41) is 2.15. The molecule has 1 unspecified atom stereocenters. The number of nitrogens with one attached hydrogen (secondary N) is 1. The Morgan fingerprint density at radius 3 is 3.60 bits per heavy atom. The van der Waals surface area contributed by atoms with Gasteiger partial charge in [-0.3, -0.25) is 4.99 Å². The Morgan fingerprint density at radius 1 is 1.60 bits per heavy atom. The molecule has 0 aromatic carbocycles. The standard InChI is InChI=1S/C7H11N3/c1-3-8-6-7-2-4-9-10(7)5-1/h1,3,5,7,9H,2,4,6H2. The van der Waals surface area contributed by atoms with Crippen molar-refractivity contribution in [3.8, 4) is 0 Å². The van der Waals surface area contributed by atoms with Crippen LogP contribution in [0.15, 0.2) is 17.3 Å². The summed E-state index contributed by atoms with van der Waals surface area (Å²) in [6, 6.07) is 0.593. The van der Waals surface area contributed by atoms with E-state index in [0.29, 0.717) is 6.04 Å². The molecule has 3 nitrogen and oxygen atoms in total. The predicted molar refractivity (Wildman–Crippen MR) is 40.7 cm³/mol. The first kappa shape index (κ1) is 5.92. The molecule has 2 heterocycles. The maximum absolute atomic E-state index is 4.22. The largest absolute Gasteiger partial charge is 0.311 e. The molecule has 0 aromatic heterocycles. The molecule has 0 aromatic rings. The molecule has 10 heavy (non-hydrogen) atoms. The zero-order valence-corrected chi connectivity index (χ0v) is 5.83. The summed E-state index contributed by atoms with van der Waals surface area (Å²) < 4.78 is 0. The van der Waals surface area contributed by atoms with E-state index in [1.165, 1.54) is 6.42 Å². The highest BCUT2D eigenvalue weighted by Crippen LogP contribution is 2.10. The Kier molecular flexibility index (Phi) is 1.43. The first-order valence-electron chi connectivity index (χ1n) is 3.65. The normalized spacial score (nSPS) is 30.4.